The first-order chi connectivity index (χ1) is 10.6. The molecule has 0 spiro atoms. The first kappa shape index (κ1) is 21.1. The summed E-state index contributed by atoms with van der Waals surface area (Å²) in [5.41, 5.74) is 2.22. The van der Waals surface area contributed by atoms with Crippen molar-refractivity contribution in [1.29, 1.82) is 0 Å². The molecule has 128 valence electrons. The van der Waals surface area contributed by atoms with Gasteiger partial charge in [0.25, 0.3) is 0 Å². The van der Waals surface area contributed by atoms with E-state index in [0.29, 0.717) is 0 Å². The fourth-order valence-corrected chi connectivity index (χ4v) is 1.40. The third-order valence-electron chi connectivity index (χ3n) is 2.46. The summed E-state index contributed by atoms with van der Waals surface area (Å²) >= 11 is 0. The standard InChI is InChI=1S/2C7H10N2.H2O4S/c2*1-9(8)7-5-3-2-4-6-7;1-5(2,3)4/h2*2-6H,8H2,1H3;(H2,1,2,3,4). The molecule has 2 unspecified atom stereocenters. The topological polar surface area (TPSA) is 141 Å². The first-order valence-corrected chi connectivity index (χ1v) is 7.90. The summed E-state index contributed by atoms with van der Waals surface area (Å²) in [5, 5.41) is 1.74. The average molecular weight is 342 g/mol. The van der Waals surface area contributed by atoms with Crippen LogP contribution >= 0.6 is 0 Å². The summed E-state index contributed by atoms with van der Waals surface area (Å²) < 4.78 is 34.1. The van der Waals surface area contributed by atoms with Crippen molar-refractivity contribution in [2.45, 2.75) is 0 Å². The third-order valence-corrected chi connectivity index (χ3v) is 2.46. The average Bonchev–Trinajstić information content (AvgIpc) is 2.48. The molecule has 0 aliphatic heterocycles. The lowest BCUT2D eigenvalue weighted by Gasteiger charge is -2.06. The zero-order chi connectivity index (χ0) is 17.9. The van der Waals surface area contributed by atoms with Crippen LogP contribution in [-0.4, -0.2) is 31.6 Å². The number of quaternary nitrogens is 2. The van der Waals surface area contributed by atoms with Crippen molar-refractivity contribution in [3.8, 4) is 0 Å². The van der Waals surface area contributed by atoms with Crippen LogP contribution in [0.5, 0.6) is 0 Å². The van der Waals surface area contributed by atoms with Gasteiger partial charge < -0.3 is 9.11 Å². The number of nitrogen functional groups attached to an aromatic ring is 2. The Bertz CT molecular complexity index is 583. The van der Waals surface area contributed by atoms with Crippen LogP contribution in [0.25, 0.3) is 0 Å². The van der Waals surface area contributed by atoms with Gasteiger partial charge in [0.1, 0.15) is 11.4 Å². The van der Waals surface area contributed by atoms with Crippen molar-refractivity contribution in [2.24, 2.45) is 11.7 Å². The van der Waals surface area contributed by atoms with Gasteiger partial charge in [-0.15, -0.1) is 0 Å². The van der Waals surface area contributed by atoms with Gasteiger partial charge in [-0.25, -0.2) is 10.0 Å². The second-order valence-electron chi connectivity index (χ2n) is 4.51. The van der Waals surface area contributed by atoms with E-state index in [1.54, 1.807) is 0 Å². The Hall–Kier alpha value is -1.85. The highest BCUT2D eigenvalue weighted by Crippen LogP contribution is 1.96. The molecule has 0 saturated carbocycles. The number of hydrogen-bond acceptors (Lipinski definition) is 6. The lowest BCUT2D eigenvalue weighted by atomic mass is 10.3. The fourth-order valence-electron chi connectivity index (χ4n) is 1.40. The van der Waals surface area contributed by atoms with E-state index >= 15 is 0 Å². The van der Waals surface area contributed by atoms with Crippen molar-refractivity contribution in [2.75, 3.05) is 14.1 Å². The minimum absolute atomic E-state index is 0.871. The van der Waals surface area contributed by atoms with E-state index in [4.69, 9.17) is 29.2 Å². The van der Waals surface area contributed by atoms with Crippen LogP contribution in [0.3, 0.4) is 0 Å². The first-order valence-electron chi connectivity index (χ1n) is 6.57. The highest BCUT2D eigenvalue weighted by molar-refractivity contribution is 7.79. The van der Waals surface area contributed by atoms with Crippen molar-refractivity contribution in [3.05, 3.63) is 60.7 Å². The van der Waals surface area contributed by atoms with Gasteiger partial charge in [0.15, 0.2) is 0 Å². The van der Waals surface area contributed by atoms with Crippen LogP contribution in [-0.2, 0) is 10.4 Å². The van der Waals surface area contributed by atoms with E-state index in [2.05, 4.69) is 0 Å². The van der Waals surface area contributed by atoms with Gasteiger partial charge in [-0.1, -0.05) is 36.4 Å². The maximum atomic E-state index is 8.52. The van der Waals surface area contributed by atoms with Gasteiger partial charge >= 0.3 is 0 Å². The van der Waals surface area contributed by atoms with Crippen LogP contribution in [0.15, 0.2) is 60.7 Å². The van der Waals surface area contributed by atoms with Crippen LogP contribution < -0.4 is 21.7 Å². The Kier molecular flexibility index (Phi) is 9.94. The van der Waals surface area contributed by atoms with Gasteiger partial charge in [-0.2, -0.15) is 11.7 Å². The van der Waals surface area contributed by atoms with E-state index < -0.39 is 10.4 Å². The SMILES string of the molecule is C[NH+](N)c1ccccc1.C[NH+](N)c1ccccc1.O=S(=O)([O-])[O-]. The molecule has 2 aromatic carbocycles. The molecule has 23 heavy (non-hydrogen) atoms. The number of benzene rings is 2. The Balaban J connectivity index is 0.000000332. The largest absolute Gasteiger partial charge is 0.759 e. The van der Waals surface area contributed by atoms with E-state index in [1.165, 1.54) is 0 Å². The Morgan fingerprint density at radius 2 is 0.957 bits per heavy atom. The summed E-state index contributed by atoms with van der Waals surface area (Å²) in [7, 11) is -1.37. The normalized spacial score (nSPS) is 12.8. The molecule has 0 aliphatic rings. The summed E-state index contributed by atoms with van der Waals surface area (Å²) in [4.78, 5) is 0. The minimum atomic E-state index is -5.17. The monoisotopic (exact) mass is 342 g/mol. The number of nitrogens with one attached hydrogen (secondary N) is 2. The molecule has 0 heterocycles. The van der Waals surface area contributed by atoms with Crippen LogP contribution in [0, 0.1) is 0 Å². The van der Waals surface area contributed by atoms with Crippen molar-refractivity contribution >= 4 is 21.8 Å². The molecule has 2 rings (SSSR count). The molecular weight excluding hydrogens is 320 g/mol. The molecule has 9 heteroatoms. The highest BCUT2D eigenvalue weighted by atomic mass is 32.3. The second kappa shape index (κ2) is 10.8. The van der Waals surface area contributed by atoms with E-state index in [0.717, 1.165) is 21.4 Å². The third kappa shape index (κ3) is 13.5. The van der Waals surface area contributed by atoms with E-state index in [9.17, 15) is 0 Å². The van der Waals surface area contributed by atoms with Gasteiger partial charge in [0.05, 0.1) is 14.1 Å². The summed E-state index contributed by atoms with van der Waals surface area (Å²) in [5.74, 6) is 11.1. The van der Waals surface area contributed by atoms with Gasteiger partial charge in [-0.05, 0) is 0 Å². The molecule has 2 atom stereocenters. The molecule has 6 N–H and O–H groups in total. The lowest BCUT2D eigenvalue weighted by Crippen LogP contribution is -3.10. The highest BCUT2D eigenvalue weighted by Gasteiger charge is 1.95. The lowest BCUT2D eigenvalue weighted by molar-refractivity contribution is -0.823. The van der Waals surface area contributed by atoms with E-state index in [1.807, 2.05) is 74.8 Å². The maximum Gasteiger partial charge on any atom is 0.149 e. The Morgan fingerprint density at radius 1 is 0.739 bits per heavy atom. The molecule has 2 aromatic rings. The molecule has 0 aliphatic carbocycles. The quantitative estimate of drug-likeness (QED) is 0.217. The van der Waals surface area contributed by atoms with Crippen LogP contribution in [0.2, 0.25) is 0 Å². The fraction of sp³-hybridized carbons (Fsp3) is 0.143. The predicted molar refractivity (Wildman–Crippen MR) is 84.8 cm³/mol. The Morgan fingerprint density at radius 3 is 1.09 bits per heavy atom. The second-order valence-corrected chi connectivity index (χ2v) is 5.32. The zero-order valence-corrected chi connectivity index (χ0v) is 13.8. The molecule has 0 fully saturated rings. The predicted octanol–water partition coefficient (Wildman–Crippen LogP) is -1.92. The van der Waals surface area contributed by atoms with Crippen LogP contribution in [0.4, 0.5) is 11.4 Å². The number of rotatable bonds is 2. The summed E-state index contributed by atoms with van der Waals surface area (Å²) in [6.45, 7) is 0. The zero-order valence-electron chi connectivity index (χ0n) is 13.0. The number of nitrogens with two attached hydrogens (primary N) is 2. The number of para-hydroxylation sites is 2. The minimum Gasteiger partial charge on any atom is -0.759 e. The molecule has 0 saturated heterocycles. The van der Waals surface area contributed by atoms with Crippen LogP contribution in [0.1, 0.15) is 0 Å². The van der Waals surface area contributed by atoms with Gasteiger partial charge in [-0.3, -0.25) is 8.42 Å². The molecule has 0 bridgehead atoms. The maximum absolute atomic E-state index is 8.52. The van der Waals surface area contributed by atoms with Gasteiger partial charge in [0, 0.05) is 34.7 Å². The molecule has 0 amide bonds. The summed E-state index contributed by atoms with van der Waals surface area (Å²) in [6, 6.07) is 19.9. The summed E-state index contributed by atoms with van der Waals surface area (Å²) in [6.07, 6.45) is 0. The molecule has 0 aromatic heterocycles. The van der Waals surface area contributed by atoms with Crippen molar-refractivity contribution in [3.63, 3.8) is 0 Å². The number of hydrogen-bond donors (Lipinski definition) is 4. The van der Waals surface area contributed by atoms with Crippen molar-refractivity contribution < 1.29 is 27.5 Å². The van der Waals surface area contributed by atoms with E-state index in [-0.39, 0.29) is 0 Å². The molecule has 8 nitrogen and oxygen atoms in total. The molecular formula is C14H22N4O4S. The molecule has 0 radical (unpaired) electrons. The Labute approximate surface area is 136 Å². The van der Waals surface area contributed by atoms with Gasteiger partial charge in [0.2, 0.25) is 0 Å². The van der Waals surface area contributed by atoms with Crippen molar-refractivity contribution in [1.82, 2.24) is 0 Å². The smallest absolute Gasteiger partial charge is 0.149 e.